The second kappa shape index (κ2) is 8.35. The molecular formula is C30H48O3. The number of hydrogen-bond donors (Lipinski definition) is 0. The van der Waals surface area contributed by atoms with Crippen LogP contribution in [0.2, 0.25) is 0 Å². The summed E-state index contributed by atoms with van der Waals surface area (Å²) in [4.78, 5) is 0. The Bertz CT molecular complexity index is 829. The molecule has 6 unspecified atom stereocenters. The lowest BCUT2D eigenvalue weighted by Gasteiger charge is -2.45. The third-order valence-corrected chi connectivity index (χ3v) is 10.7. The van der Waals surface area contributed by atoms with Crippen LogP contribution in [-0.4, -0.2) is 37.1 Å². The van der Waals surface area contributed by atoms with Gasteiger partial charge in [0, 0.05) is 36.6 Å². The Hall–Kier alpha value is -0.900. The number of rotatable bonds is 0. The van der Waals surface area contributed by atoms with E-state index in [0.717, 1.165) is 31.7 Å². The van der Waals surface area contributed by atoms with Gasteiger partial charge in [-0.05, 0) is 57.3 Å². The average Bonchev–Trinajstić information content (AvgIpc) is 3.45. The Labute approximate surface area is 203 Å². The lowest BCUT2D eigenvalue weighted by molar-refractivity contribution is -0.120. The van der Waals surface area contributed by atoms with Gasteiger partial charge in [-0.1, -0.05) is 77.5 Å². The SMILES string of the molecule is CC1(C)C=CC2CCOC21C.CC12C=CC(CCO1)C2(C)C.CC1=CC2OCCC2C1(C)C. The summed E-state index contributed by atoms with van der Waals surface area (Å²) in [5.74, 6) is 2.15. The summed E-state index contributed by atoms with van der Waals surface area (Å²) in [5, 5.41) is 0. The van der Waals surface area contributed by atoms with E-state index in [0.29, 0.717) is 22.9 Å². The number of ether oxygens (including phenoxy) is 3. The van der Waals surface area contributed by atoms with E-state index in [2.05, 4.69) is 92.7 Å². The molecule has 3 aliphatic carbocycles. The van der Waals surface area contributed by atoms with E-state index >= 15 is 0 Å². The number of fused-ring (bicyclic) bond motifs is 4. The molecule has 2 bridgehead atoms. The first-order valence-electron chi connectivity index (χ1n) is 13.2. The van der Waals surface area contributed by atoms with Gasteiger partial charge in [0.25, 0.3) is 0 Å². The third-order valence-electron chi connectivity index (χ3n) is 10.7. The van der Waals surface area contributed by atoms with Crippen molar-refractivity contribution in [2.24, 2.45) is 34.0 Å². The van der Waals surface area contributed by atoms with Crippen LogP contribution in [0, 0.1) is 34.0 Å². The molecule has 3 saturated heterocycles. The highest BCUT2D eigenvalue weighted by molar-refractivity contribution is 5.24. The van der Waals surface area contributed by atoms with Crippen LogP contribution >= 0.6 is 0 Å². The quantitative estimate of drug-likeness (QED) is 0.363. The van der Waals surface area contributed by atoms with E-state index in [1.165, 1.54) is 24.8 Å². The van der Waals surface area contributed by atoms with Crippen LogP contribution in [0.3, 0.4) is 0 Å². The summed E-state index contributed by atoms with van der Waals surface area (Å²) in [5.41, 5.74) is 2.54. The molecule has 0 amide bonds. The largest absolute Gasteiger partial charge is 0.374 e. The van der Waals surface area contributed by atoms with Gasteiger partial charge in [-0.15, -0.1) is 0 Å². The summed E-state index contributed by atoms with van der Waals surface area (Å²) in [6, 6.07) is 0. The second-order valence-electron chi connectivity index (χ2n) is 13.2. The fourth-order valence-electron chi connectivity index (χ4n) is 6.76. The number of hydrogen-bond acceptors (Lipinski definition) is 3. The molecule has 3 nitrogen and oxygen atoms in total. The minimum Gasteiger partial charge on any atom is -0.374 e. The van der Waals surface area contributed by atoms with Crippen LogP contribution in [-0.2, 0) is 14.2 Å². The van der Waals surface area contributed by atoms with Crippen LogP contribution in [0.5, 0.6) is 0 Å². The van der Waals surface area contributed by atoms with E-state index in [9.17, 15) is 0 Å². The normalized spacial score (nSPS) is 44.3. The summed E-state index contributed by atoms with van der Waals surface area (Å²) in [7, 11) is 0. The molecule has 0 radical (unpaired) electrons. The highest BCUT2D eigenvalue weighted by Crippen LogP contribution is 2.52. The van der Waals surface area contributed by atoms with Gasteiger partial charge in [0.15, 0.2) is 0 Å². The van der Waals surface area contributed by atoms with Gasteiger partial charge in [-0.2, -0.15) is 0 Å². The van der Waals surface area contributed by atoms with Crippen molar-refractivity contribution < 1.29 is 14.2 Å². The first kappa shape index (κ1) is 25.2. The van der Waals surface area contributed by atoms with Crippen molar-refractivity contribution in [3.05, 3.63) is 36.0 Å². The fraction of sp³-hybridized carbons (Fsp3) is 0.800. The van der Waals surface area contributed by atoms with Crippen molar-refractivity contribution in [1.82, 2.24) is 0 Å². The molecule has 0 saturated carbocycles. The Morgan fingerprint density at radius 1 is 0.758 bits per heavy atom. The smallest absolute Gasteiger partial charge is 0.0890 e. The molecule has 6 rings (SSSR count). The lowest BCUT2D eigenvalue weighted by atomic mass is 9.69. The monoisotopic (exact) mass is 456 g/mol. The molecule has 3 heterocycles. The van der Waals surface area contributed by atoms with Crippen LogP contribution in [0.15, 0.2) is 36.0 Å². The summed E-state index contributed by atoms with van der Waals surface area (Å²) in [6.07, 6.45) is 15.6. The van der Waals surface area contributed by atoms with Crippen LogP contribution in [0.4, 0.5) is 0 Å². The second-order valence-corrected chi connectivity index (χ2v) is 13.2. The predicted octanol–water partition coefficient (Wildman–Crippen LogP) is 7.13. The molecule has 186 valence electrons. The van der Waals surface area contributed by atoms with Crippen LogP contribution in [0.25, 0.3) is 0 Å². The van der Waals surface area contributed by atoms with Gasteiger partial charge in [0.05, 0.1) is 17.3 Å². The van der Waals surface area contributed by atoms with Gasteiger partial charge in [-0.25, -0.2) is 0 Å². The predicted molar refractivity (Wildman–Crippen MR) is 136 cm³/mol. The minimum atomic E-state index is 0.00984. The molecule has 0 spiro atoms. The van der Waals surface area contributed by atoms with Crippen LogP contribution in [0.1, 0.15) is 81.6 Å². The van der Waals surface area contributed by atoms with Gasteiger partial charge >= 0.3 is 0 Å². The maximum absolute atomic E-state index is 5.82. The first-order valence-corrected chi connectivity index (χ1v) is 13.2. The van der Waals surface area contributed by atoms with Crippen molar-refractivity contribution in [2.45, 2.75) is 98.9 Å². The Kier molecular flexibility index (Phi) is 6.37. The fourth-order valence-corrected chi connectivity index (χ4v) is 6.76. The molecule has 0 aromatic rings. The number of allylic oxidation sites excluding steroid dienone is 2. The highest BCUT2D eigenvalue weighted by Gasteiger charge is 2.53. The maximum atomic E-state index is 5.82. The van der Waals surface area contributed by atoms with E-state index in [1.807, 2.05) is 0 Å². The maximum Gasteiger partial charge on any atom is 0.0890 e. The standard InChI is InChI=1S/3C10H16O/c1-9(2)8-4-6-10(9,3)11-7-5-8;1-9(2)6-4-8-5-7-11-10(8,9)3;1-7-6-9-8(4-5-11-9)10(7,2)3/h2*4,6,8H,5,7H2,1-3H3;6,8-9H,4-5H2,1-3H3. The average molecular weight is 457 g/mol. The van der Waals surface area contributed by atoms with Crippen molar-refractivity contribution >= 4 is 0 Å². The zero-order chi connectivity index (χ0) is 24.3. The van der Waals surface area contributed by atoms with E-state index in [1.54, 1.807) is 0 Å². The van der Waals surface area contributed by atoms with Crippen molar-refractivity contribution in [2.75, 3.05) is 19.8 Å². The topological polar surface area (TPSA) is 27.7 Å². The Balaban J connectivity index is 0.000000118. The van der Waals surface area contributed by atoms with E-state index in [4.69, 9.17) is 14.2 Å². The van der Waals surface area contributed by atoms with Gasteiger partial charge in [0.2, 0.25) is 0 Å². The third kappa shape index (κ3) is 4.00. The van der Waals surface area contributed by atoms with Gasteiger partial charge in [-0.3, -0.25) is 0 Å². The molecule has 3 aliphatic heterocycles. The molecule has 0 N–H and O–H groups in total. The van der Waals surface area contributed by atoms with Crippen molar-refractivity contribution in [1.29, 1.82) is 0 Å². The highest BCUT2D eigenvalue weighted by atomic mass is 16.5. The zero-order valence-electron chi connectivity index (χ0n) is 22.7. The first-order chi connectivity index (χ1) is 15.2. The Morgan fingerprint density at radius 3 is 2.00 bits per heavy atom. The molecule has 33 heavy (non-hydrogen) atoms. The van der Waals surface area contributed by atoms with Crippen molar-refractivity contribution in [3.63, 3.8) is 0 Å². The van der Waals surface area contributed by atoms with Gasteiger partial charge < -0.3 is 14.2 Å². The summed E-state index contributed by atoms with van der Waals surface area (Å²) in [6.45, 7) is 23.3. The molecule has 3 heteroatoms. The molecule has 0 aromatic heterocycles. The van der Waals surface area contributed by atoms with E-state index < -0.39 is 0 Å². The molecule has 6 atom stereocenters. The summed E-state index contributed by atoms with van der Waals surface area (Å²) >= 11 is 0. The van der Waals surface area contributed by atoms with E-state index in [-0.39, 0.29) is 16.6 Å². The minimum absolute atomic E-state index is 0.00984. The molecule has 3 fully saturated rings. The Morgan fingerprint density at radius 2 is 1.39 bits per heavy atom. The molecule has 0 aromatic carbocycles. The summed E-state index contributed by atoms with van der Waals surface area (Å²) < 4.78 is 17.2. The van der Waals surface area contributed by atoms with Crippen molar-refractivity contribution in [3.8, 4) is 0 Å². The zero-order valence-corrected chi connectivity index (χ0v) is 22.7. The van der Waals surface area contributed by atoms with Gasteiger partial charge in [0.1, 0.15) is 0 Å². The van der Waals surface area contributed by atoms with Crippen LogP contribution < -0.4 is 0 Å². The lowest BCUT2D eigenvalue weighted by Crippen LogP contribution is -2.47. The molecular weight excluding hydrogens is 408 g/mol. The molecule has 6 aliphatic rings.